The number of hydrogen-bond acceptors (Lipinski definition) is 10. The molecule has 0 aromatic heterocycles. The molecule has 0 bridgehead atoms. The highest BCUT2D eigenvalue weighted by molar-refractivity contribution is 6.01. The zero-order valence-corrected chi connectivity index (χ0v) is 25.3. The number of nitro benzene ring substituents is 1. The third kappa shape index (κ3) is 14.6. The van der Waals surface area contributed by atoms with Gasteiger partial charge in [-0.2, -0.15) is 0 Å². The number of nitro groups is 1. The second kappa shape index (κ2) is 19.1. The number of hydrogen-bond donors (Lipinski definition) is 8. The third-order valence-corrected chi connectivity index (χ3v) is 6.50. The third-order valence-electron chi connectivity index (χ3n) is 6.50. The van der Waals surface area contributed by atoms with Gasteiger partial charge < -0.3 is 37.8 Å². The zero-order valence-electron chi connectivity index (χ0n) is 25.3. The molecule has 0 saturated carbocycles. The number of carboxylic acids is 1. The van der Waals surface area contributed by atoms with Crippen LogP contribution in [0.25, 0.3) is 0 Å². The minimum Gasteiger partial charge on any atom is -0.481 e. The summed E-state index contributed by atoms with van der Waals surface area (Å²) in [6, 6.07) is 1.90. The number of carboxylic acid groups (broad SMARTS) is 1. The molecule has 0 aliphatic rings. The van der Waals surface area contributed by atoms with Gasteiger partial charge >= 0.3 is 5.97 Å². The molecule has 18 nitrogen and oxygen atoms in total. The second-order valence-electron chi connectivity index (χ2n) is 10.1. The summed E-state index contributed by atoms with van der Waals surface area (Å²) in [5.41, 5.74) is 10.8. The van der Waals surface area contributed by atoms with Crippen molar-refractivity contribution in [3.05, 3.63) is 34.4 Å². The number of nitrogens with zero attached hydrogens (tertiary/aromatic N) is 2. The summed E-state index contributed by atoms with van der Waals surface area (Å²) < 4.78 is 0. The first-order valence-corrected chi connectivity index (χ1v) is 14.1. The fourth-order valence-corrected chi connectivity index (χ4v) is 3.93. The first-order chi connectivity index (χ1) is 21.1. The van der Waals surface area contributed by atoms with E-state index >= 15 is 0 Å². The summed E-state index contributed by atoms with van der Waals surface area (Å²) >= 11 is 0. The number of aliphatic carboxylic acids is 1. The highest BCUT2D eigenvalue weighted by Gasteiger charge is 2.30. The molecule has 248 valence electrons. The smallest absolute Gasteiger partial charge is 0.303 e. The van der Waals surface area contributed by atoms with Gasteiger partial charge in [0.15, 0.2) is 5.96 Å². The standard InChI is InChI=1S/C27H41N9O9/c1-4-15(2)23(32-16(3)37)26(43)34-20(11-12-22(39)40)24(41)31-14-21(38)35-25(42)19(6-5-13-30-27(28)29)33-17-7-9-18(10-8-17)36(44)45/h7-10,15,19-20,23,33H,4-6,11-14H2,1-3H3,(H,31,41)(H,32,37)(H,34,43)(H,39,40)(H4,28,29,30)(H,35,38,42)/t15-,19-,20-,23-/m0/s1. The number of carbonyl (C=O) groups excluding carboxylic acids is 5. The van der Waals surface area contributed by atoms with Crippen LogP contribution in [0, 0.1) is 16.0 Å². The van der Waals surface area contributed by atoms with Crippen molar-refractivity contribution in [1.29, 1.82) is 0 Å². The van der Waals surface area contributed by atoms with Crippen LogP contribution in [0.15, 0.2) is 29.3 Å². The molecule has 0 unspecified atom stereocenters. The molecule has 10 N–H and O–H groups in total. The van der Waals surface area contributed by atoms with Crippen molar-refractivity contribution in [2.24, 2.45) is 22.4 Å². The quantitative estimate of drug-likeness (QED) is 0.0301. The van der Waals surface area contributed by atoms with E-state index in [9.17, 15) is 38.9 Å². The molecule has 5 amide bonds. The predicted molar refractivity (Wildman–Crippen MR) is 162 cm³/mol. The number of non-ortho nitro benzene ring substituents is 1. The zero-order chi connectivity index (χ0) is 34.1. The molecule has 1 rings (SSSR count). The molecule has 0 fully saturated rings. The monoisotopic (exact) mass is 635 g/mol. The molecule has 45 heavy (non-hydrogen) atoms. The van der Waals surface area contributed by atoms with Crippen LogP contribution >= 0.6 is 0 Å². The minimum atomic E-state index is -1.36. The number of carbonyl (C=O) groups is 6. The van der Waals surface area contributed by atoms with Gasteiger partial charge in [-0.05, 0) is 37.3 Å². The summed E-state index contributed by atoms with van der Waals surface area (Å²) in [5, 5.41) is 32.3. The van der Waals surface area contributed by atoms with E-state index in [1.807, 2.05) is 0 Å². The molecule has 18 heteroatoms. The summed E-state index contributed by atoms with van der Waals surface area (Å²) in [4.78, 5) is 88.3. The van der Waals surface area contributed by atoms with E-state index in [0.29, 0.717) is 18.5 Å². The van der Waals surface area contributed by atoms with Crippen LogP contribution in [0.5, 0.6) is 0 Å². The Hall–Kier alpha value is -5.29. The molecule has 1 aromatic rings. The normalized spacial score (nSPS) is 13.1. The fraction of sp³-hybridized carbons (Fsp3) is 0.519. The van der Waals surface area contributed by atoms with Crippen LogP contribution in [-0.2, 0) is 28.8 Å². The highest BCUT2D eigenvalue weighted by atomic mass is 16.6. The van der Waals surface area contributed by atoms with Gasteiger partial charge in [0.1, 0.15) is 18.1 Å². The van der Waals surface area contributed by atoms with Crippen molar-refractivity contribution >= 4 is 52.8 Å². The van der Waals surface area contributed by atoms with Gasteiger partial charge in [-0.25, -0.2) is 0 Å². The molecular weight excluding hydrogens is 594 g/mol. The topological polar surface area (TPSA) is 290 Å². The number of nitrogens with two attached hydrogens (primary N) is 2. The van der Waals surface area contributed by atoms with Gasteiger partial charge in [0, 0.05) is 37.7 Å². The highest BCUT2D eigenvalue weighted by Crippen LogP contribution is 2.17. The number of amides is 5. The number of imide groups is 1. The Labute approximate surface area is 259 Å². The average Bonchev–Trinajstić information content (AvgIpc) is 2.97. The Morgan fingerprint density at radius 1 is 0.978 bits per heavy atom. The number of benzene rings is 1. The van der Waals surface area contributed by atoms with Gasteiger partial charge in [0.25, 0.3) is 5.69 Å². The summed E-state index contributed by atoms with van der Waals surface area (Å²) in [6.07, 6.45) is 0.202. The molecular formula is C27H41N9O9. The fourth-order valence-electron chi connectivity index (χ4n) is 3.93. The lowest BCUT2D eigenvalue weighted by molar-refractivity contribution is -0.384. The van der Waals surface area contributed by atoms with Gasteiger partial charge in [0.05, 0.1) is 11.5 Å². The predicted octanol–water partition coefficient (Wildman–Crippen LogP) is -0.912. The van der Waals surface area contributed by atoms with E-state index in [0.717, 1.165) is 0 Å². The molecule has 0 aliphatic heterocycles. The van der Waals surface area contributed by atoms with E-state index in [4.69, 9.17) is 16.6 Å². The van der Waals surface area contributed by atoms with Crippen molar-refractivity contribution < 1.29 is 38.8 Å². The number of nitrogens with one attached hydrogen (secondary N) is 5. The van der Waals surface area contributed by atoms with E-state index < -0.39 is 71.5 Å². The van der Waals surface area contributed by atoms with E-state index in [-0.39, 0.29) is 37.0 Å². The van der Waals surface area contributed by atoms with Crippen LogP contribution in [0.4, 0.5) is 11.4 Å². The van der Waals surface area contributed by atoms with Crippen LogP contribution < -0.4 is 38.1 Å². The molecule has 0 heterocycles. The van der Waals surface area contributed by atoms with Gasteiger partial charge in [-0.1, -0.05) is 20.3 Å². The molecule has 0 radical (unpaired) electrons. The van der Waals surface area contributed by atoms with Gasteiger partial charge in [-0.3, -0.25) is 49.2 Å². The first kappa shape index (κ1) is 37.7. The van der Waals surface area contributed by atoms with Gasteiger partial charge in [0.2, 0.25) is 29.5 Å². The summed E-state index contributed by atoms with van der Waals surface area (Å²) in [5.74, 6) is -5.42. The number of guanidine groups is 1. The van der Waals surface area contributed by atoms with Crippen molar-refractivity contribution in [3.8, 4) is 0 Å². The van der Waals surface area contributed by atoms with Crippen molar-refractivity contribution in [3.63, 3.8) is 0 Å². The number of anilines is 1. The summed E-state index contributed by atoms with van der Waals surface area (Å²) in [7, 11) is 0. The van der Waals surface area contributed by atoms with E-state index in [2.05, 4.69) is 31.6 Å². The van der Waals surface area contributed by atoms with Crippen molar-refractivity contribution in [2.45, 2.75) is 71.0 Å². The average molecular weight is 636 g/mol. The lowest BCUT2D eigenvalue weighted by Crippen LogP contribution is -2.56. The molecule has 1 aromatic carbocycles. The number of aliphatic imine (C=N–C) groups is 1. The van der Waals surface area contributed by atoms with E-state index in [1.165, 1.54) is 31.2 Å². The van der Waals surface area contributed by atoms with Crippen LogP contribution in [0.2, 0.25) is 0 Å². The van der Waals surface area contributed by atoms with Gasteiger partial charge in [-0.15, -0.1) is 0 Å². The minimum absolute atomic E-state index is 0.145. The Morgan fingerprint density at radius 2 is 1.62 bits per heavy atom. The largest absolute Gasteiger partial charge is 0.481 e. The summed E-state index contributed by atoms with van der Waals surface area (Å²) in [6.45, 7) is 4.24. The van der Waals surface area contributed by atoms with Crippen LogP contribution in [-0.4, -0.2) is 82.7 Å². The lowest BCUT2D eigenvalue weighted by atomic mass is 9.97. The maximum atomic E-state index is 13.0. The maximum absolute atomic E-state index is 13.0. The Kier molecular flexibility index (Phi) is 16.0. The first-order valence-electron chi connectivity index (χ1n) is 14.1. The van der Waals surface area contributed by atoms with E-state index in [1.54, 1.807) is 13.8 Å². The second-order valence-corrected chi connectivity index (χ2v) is 10.1. The molecule has 4 atom stereocenters. The molecule has 0 aliphatic carbocycles. The van der Waals surface area contributed by atoms with Crippen molar-refractivity contribution in [1.82, 2.24) is 21.3 Å². The van der Waals surface area contributed by atoms with Crippen molar-refractivity contribution in [2.75, 3.05) is 18.4 Å². The Bertz CT molecular complexity index is 1250. The number of rotatable bonds is 19. The maximum Gasteiger partial charge on any atom is 0.303 e. The molecule has 0 spiro atoms. The Balaban J connectivity index is 2.93. The van der Waals surface area contributed by atoms with Crippen LogP contribution in [0.1, 0.15) is 52.9 Å². The Morgan fingerprint density at radius 3 is 2.16 bits per heavy atom. The van der Waals surface area contributed by atoms with Crippen LogP contribution in [0.3, 0.4) is 0 Å². The SMILES string of the molecule is CC[C@H](C)[C@H](NC(C)=O)C(=O)N[C@@H](CCC(=O)O)C(=O)NCC(=O)NC(=O)[C@H](CCCN=C(N)N)Nc1ccc([N+](=O)[O-])cc1. The lowest BCUT2D eigenvalue weighted by Gasteiger charge is -2.26. The molecule has 0 saturated heterocycles.